The van der Waals surface area contributed by atoms with Gasteiger partial charge in [-0.2, -0.15) is 0 Å². The maximum absolute atomic E-state index is 12.5. The van der Waals surface area contributed by atoms with Crippen LogP contribution in [-0.2, 0) is 9.59 Å². The second kappa shape index (κ2) is 5.76. The summed E-state index contributed by atoms with van der Waals surface area (Å²) in [5.74, 6) is 0.229. The maximum Gasteiger partial charge on any atom is 0.184 e. The molecule has 0 aliphatic heterocycles. The third-order valence-corrected chi connectivity index (χ3v) is 9.53. The molecule has 0 aromatic heterocycles. The molecule has 4 heteroatoms. The van der Waals surface area contributed by atoms with Gasteiger partial charge in [0, 0.05) is 21.8 Å². The zero-order valence-electron chi connectivity index (χ0n) is 17.6. The Morgan fingerprint density at radius 1 is 1.25 bits per heavy atom. The van der Waals surface area contributed by atoms with E-state index in [2.05, 4.69) is 34.6 Å². The number of rotatable bonds is 2. The zero-order valence-corrected chi connectivity index (χ0v) is 17.6. The van der Waals surface area contributed by atoms with Crippen LogP contribution in [0.25, 0.3) is 0 Å². The average Bonchev–Trinajstić information content (AvgIpc) is 2.90. The second-order valence-electron chi connectivity index (χ2n) is 10.4. The van der Waals surface area contributed by atoms with E-state index in [9.17, 15) is 19.8 Å². The molecule has 4 rings (SSSR count). The van der Waals surface area contributed by atoms with Gasteiger partial charge in [-0.25, -0.2) is 0 Å². The first-order chi connectivity index (χ1) is 13.0. The Labute approximate surface area is 167 Å². The molecule has 4 aliphatic carbocycles. The molecular formula is C24H32O4. The van der Waals surface area contributed by atoms with Crippen LogP contribution in [0.5, 0.6) is 0 Å². The molecule has 2 fully saturated rings. The monoisotopic (exact) mass is 384 g/mol. The average molecular weight is 385 g/mol. The quantitative estimate of drug-likeness (QED) is 0.765. The molecule has 0 amide bonds. The smallest absolute Gasteiger partial charge is 0.184 e. The van der Waals surface area contributed by atoms with Gasteiger partial charge in [0.2, 0.25) is 0 Å². The van der Waals surface area contributed by atoms with E-state index in [0.717, 1.165) is 18.4 Å². The summed E-state index contributed by atoms with van der Waals surface area (Å²) in [5, 5.41) is 21.1. The molecule has 0 aromatic rings. The molecule has 0 heterocycles. The summed E-state index contributed by atoms with van der Waals surface area (Å²) >= 11 is 0. The first-order valence-corrected chi connectivity index (χ1v) is 10.4. The third-order valence-electron chi connectivity index (χ3n) is 9.53. The number of aliphatic hydroxyl groups is 2. The number of aliphatic hydroxyl groups excluding tert-OH is 2. The van der Waals surface area contributed by atoms with Crippen LogP contribution in [-0.4, -0.2) is 34.5 Å². The summed E-state index contributed by atoms with van der Waals surface area (Å²) in [6.07, 6.45) is 9.01. The fourth-order valence-electron chi connectivity index (χ4n) is 7.48. The Kier molecular flexibility index (Phi) is 4.07. The minimum Gasteiger partial charge on any atom is -0.392 e. The Bertz CT molecular complexity index is 851. The number of hydrogen-bond donors (Lipinski definition) is 2. The van der Waals surface area contributed by atoms with Crippen LogP contribution in [0.4, 0.5) is 0 Å². The molecule has 28 heavy (non-hydrogen) atoms. The van der Waals surface area contributed by atoms with Crippen molar-refractivity contribution in [2.45, 2.75) is 60.0 Å². The molecule has 0 bridgehead atoms. The predicted molar refractivity (Wildman–Crippen MR) is 107 cm³/mol. The van der Waals surface area contributed by atoms with E-state index in [0.29, 0.717) is 12.0 Å². The molecule has 4 nitrogen and oxygen atoms in total. The van der Waals surface area contributed by atoms with E-state index in [1.54, 1.807) is 12.2 Å². The molecule has 0 spiro atoms. The fraction of sp³-hybridized carbons (Fsp3) is 0.667. The van der Waals surface area contributed by atoms with Crippen molar-refractivity contribution in [1.82, 2.24) is 0 Å². The van der Waals surface area contributed by atoms with Crippen molar-refractivity contribution in [2.75, 3.05) is 6.61 Å². The number of carbonyl (C=O) groups is 2. The highest BCUT2D eigenvalue weighted by atomic mass is 16.3. The topological polar surface area (TPSA) is 74.6 Å². The third kappa shape index (κ3) is 2.03. The lowest BCUT2D eigenvalue weighted by molar-refractivity contribution is -0.205. The molecule has 152 valence electrons. The largest absolute Gasteiger partial charge is 0.392 e. The minimum atomic E-state index is -0.609. The van der Waals surface area contributed by atoms with E-state index in [1.165, 1.54) is 0 Å². The fourth-order valence-corrected chi connectivity index (χ4v) is 7.48. The van der Waals surface area contributed by atoms with Gasteiger partial charge in [0.1, 0.15) is 6.61 Å². The van der Waals surface area contributed by atoms with Gasteiger partial charge in [0.15, 0.2) is 11.6 Å². The summed E-state index contributed by atoms with van der Waals surface area (Å²) in [5.41, 5.74) is 0.356. The van der Waals surface area contributed by atoms with Gasteiger partial charge in [-0.15, -0.1) is 0 Å². The maximum atomic E-state index is 12.5. The first kappa shape index (κ1) is 19.8. The Morgan fingerprint density at radius 3 is 2.57 bits per heavy atom. The van der Waals surface area contributed by atoms with Gasteiger partial charge in [-0.05, 0) is 48.7 Å². The van der Waals surface area contributed by atoms with E-state index in [1.807, 2.05) is 12.2 Å². The van der Waals surface area contributed by atoms with Gasteiger partial charge >= 0.3 is 0 Å². The SMILES string of the molecule is C[C@H]1C[C@@H]2[C@](C)([C@@H](O)C[C@]3(C)C(C(=O)CO)=CC[C@@]23C)[C@@]2(C)C=CC(=O)C=C12. The van der Waals surface area contributed by atoms with Gasteiger partial charge in [0.25, 0.3) is 0 Å². The number of allylic oxidation sites excluding steroid dienone is 5. The standard InChI is InChI=1S/C24H32O4/c1-14-10-19-22(3)9-7-16(18(27)13-25)23(22,4)12-20(28)24(19,5)21(2)8-6-15(26)11-17(14)21/h6-8,11,14,19-20,25,28H,9-10,12-13H2,1-5H3/t14-,19-,20-,21-,22-,23+,24+/m0/s1. The molecule has 2 saturated carbocycles. The van der Waals surface area contributed by atoms with Crippen LogP contribution < -0.4 is 0 Å². The van der Waals surface area contributed by atoms with Crippen LogP contribution in [0.2, 0.25) is 0 Å². The van der Waals surface area contributed by atoms with Crippen LogP contribution in [0.3, 0.4) is 0 Å². The Morgan fingerprint density at radius 2 is 1.93 bits per heavy atom. The van der Waals surface area contributed by atoms with Crippen molar-refractivity contribution < 1.29 is 19.8 Å². The molecule has 2 N–H and O–H groups in total. The second-order valence-corrected chi connectivity index (χ2v) is 10.4. The molecule has 0 unspecified atom stereocenters. The van der Waals surface area contributed by atoms with Crippen molar-refractivity contribution in [3.05, 3.63) is 35.5 Å². The van der Waals surface area contributed by atoms with E-state index in [4.69, 9.17) is 0 Å². The summed E-state index contributed by atoms with van der Waals surface area (Å²) in [4.78, 5) is 24.6. The molecule has 0 saturated heterocycles. The van der Waals surface area contributed by atoms with Crippen LogP contribution in [0.1, 0.15) is 53.9 Å². The Balaban J connectivity index is 1.88. The van der Waals surface area contributed by atoms with Gasteiger partial charge in [-0.1, -0.05) is 52.3 Å². The van der Waals surface area contributed by atoms with Crippen LogP contribution >= 0.6 is 0 Å². The predicted octanol–water partition coefficient (Wildman–Crippen LogP) is 3.39. The summed E-state index contributed by atoms with van der Waals surface area (Å²) in [6.45, 7) is 10.4. The zero-order chi connectivity index (χ0) is 20.7. The van der Waals surface area contributed by atoms with Gasteiger partial charge in [0.05, 0.1) is 6.10 Å². The number of fused-ring (bicyclic) bond motifs is 5. The normalized spacial score (nSPS) is 49.7. The van der Waals surface area contributed by atoms with Gasteiger partial charge < -0.3 is 10.2 Å². The number of ketones is 2. The van der Waals surface area contributed by atoms with E-state index < -0.39 is 29.0 Å². The summed E-state index contributed by atoms with van der Waals surface area (Å²) < 4.78 is 0. The van der Waals surface area contributed by atoms with Crippen LogP contribution in [0, 0.1) is 33.5 Å². The molecule has 4 aliphatic rings. The number of carbonyl (C=O) groups excluding carboxylic acids is 2. The van der Waals surface area contributed by atoms with E-state index >= 15 is 0 Å². The summed E-state index contributed by atoms with van der Waals surface area (Å²) in [6, 6.07) is 0. The highest BCUT2D eigenvalue weighted by Crippen LogP contribution is 2.75. The van der Waals surface area contributed by atoms with Crippen molar-refractivity contribution in [2.24, 2.45) is 33.5 Å². The lowest BCUT2D eigenvalue weighted by atomic mass is 9.35. The lowest BCUT2D eigenvalue weighted by Gasteiger charge is -2.69. The van der Waals surface area contributed by atoms with Crippen LogP contribution in [0.15, 0.2) is 35.5 Å². The highest BCUT2D eigenvalue weighted by molar-refractivity contribution is 6.01. The van der Waals surface area contributed by atoms with Crippen molar-refractivity contribution >= 4 is 11.6 Å². The highest BCUT2D eigenvalue weighted by Gasteiger charge is 2.71. The molecule has 0 radical (unpaired) electrons. The molecule has 0 aromatic carbocycles. The minimum absolute atomic E-state index is 0.0288. The summed E-state index contributed by atoms with van der Waals surface area (Å²) in [7, 11) is 0. The molecule has 7 atom stereocenters. The molecular weight excluding hydrogens is 352 g/mol. The first-order valence-electron chi connectivity index (χ1n) is 10.4. The van der Waals surface area contributed by atoms with Crippen molar-refractivity contribution in [3.8, 4) is 0 Å². The van der Waals surface area contributed by atoms with E-state index in [-0.39, 0.29) is 28.8 Å². The number of Topliss-reactive ketones (excluding diaryl/α,β-unsaturated/α-hetero) is 1. The number of hydrogen-bond acceptors (Lipinski definition) is 4. The van der Waals surface area contributed by atoms with Crippen molar-refractivity contribution in [1.29, 1.82) is 0 Å². The lowest BCUT2D eigenvalue weighted by Crippen LogP contribution is -2.67. The van der Waals surface area contributed by atoms with Gasteiger partial charge in [-0.3, -0.25) is 9.59 Å². The van der Waals surface area contributed by atoms with Crippen molar-refractivity contribution in [3.63, 3.8) is 0 Å². The Hall–Kier alpha value is -1.52.